The topological polar surface area (TPSA) is 79.8 Å². The molecule has 0 aliphatic heterocycles. The molecule has 1 heterocycles. The van der Waals surface area contributed by atoms with Gasteiger partial charge in [0.1, 0.15) is 16.8 Å². The lowest BCUT2D eigenvalue weighted by molar-refractivity contribution is -0.384. The maximum absolute atomic E-state index is 10.3. The first-order chi connectivity index (χ1) is 5.65. The smallest absolute Gasteiger partial charge is 0.258 e. The van der Waals surface area contributed by atoms with Crippen LogP contribution in [0.1, 0.15) is 5.69 Å². The molecule has 0 saturated carbocycles. The summed E-state index contributed by atoms with van der Waals surface area (Å²) in [6.07, 6.45) is 1.08. The van der Waals surface area contributed by atoms with Gasteiger partial charge in [-0.1, -0.05) is 11.6 Å². The largest absolute Gasteiger partial charge is 0.292 e. The average molecular weight is 184 g/mol. The van der Waals surface area contributed by atoms with Gasteiger partial charge in [0.2, 0.25) is 0 Å². The Morgan fingerprint density at radius 1 is 1.75 bits per heavy atom. The van der Waals surface area contributed by atoms with Crippen LogP contribution in [0.5, 0.6) is 0 Å². The van der Waals surface area contributed by atoms with Crippen molar-refractivity contribution < 1.29 is 4.92 Å². The molecule has 1 rings (SSSR count). The van der Waals surface area contributed by atoms with Crippen LogP contribution in [0.2, 0.25) is 5.02 Å². The molecule has 0 fully saturated rings. The summed E-state index contributed by atoms with van der Waals surface area (Å²) in [4.78, 5) is 13.2. The van der Waals surface area contributed by atoms with E-state index in [1.54, 1.807) is 6.07 Å². The van der Waals surface area contributed by atoms with Gasteiger partial charge in [-0.25, -0.2) is 4.98 Å². The Hall–Kier alpha value is -1.67. The molecule has 0 amide bonds. The van der Waals surface area contributed by atoms with E-state index in [2.05, 4.69) is 4.98 Å². The number of hydrogen-bond donors (Lipinski definition) is 0. The quantitative estimate of drug-likeness (QED) is 0.488. The van der Waals surface area contributed by atoms with Crippen molar-refractivity contribution in [2.45, 2.75) is 0 Å². The van der Waals surface area contributed by atoms with Crippen molar-refractivity contribution in [1.29, 1.82) is 5.26 Å². The van der Waals surface area contributed by atoms with Crippen LogP contribution in [0.25, 0.3) is 0 Å². The number of pyridine rings is 1. The Morgan fingerprint density at radius 2 is 2.42 bits per heavy atom. The van der Waals surface area contributed by atoms with Gasteiger partial charge in [-0.3, -0.25) is 10.1 Å². The van der Waals surface area contributed by atoms with E-state index in [-0.39, 0.29) is 16.4 Å². The minimum absolute atomic E-state index is 0.0221. The molecule has 0 aliphatic carbocycles. The molecular weight excluding hydrogens is 182 g/mol. The minimum atomic E-state index is -0.662. The summed E-state index contributed by atoms with van der Waals surface area (Å²) in [6.45, 7) is 0. The van der Waals surface area contributed by atoms with Crippen LogP contribution in [0.3, 0.4) is 0 Å². The zero-order chi connectivity index (χ0) is 9.14. The second kappa shape index (κ2) is 3.15. The van der Waals surface area contributed by atoms with E-state index in [4.69, 9.17) is 16.9 Å². The number of rotatable bonds is 1. The van der Waals surface area contributed by atoms with Crippen LogP contribution in [-0.4, -0.2) is 9.91 Å². The van der Waals surface area contributed by atoms with E-state index in [1.165, 1.54) is 0 Å². The van der Waals surface area contributed by atoms with Gasteiger partial charge in [-0.2, -0.15) is 5.26 Å². The van der Waals surface area contributed by atoms with Crippen LogP contribution in [0, 0.1) is 21.4 Å². The van der Waals surface area contributed by atoms with Crippen LogP contribution in [-0.2, 0) is 0 Å². The van der Waals surface area contributed by atoms with Crippen molar-refractivity contribution in [3.63, 3.8) is 0 Å². The molecule has 0 bridgehead atoms. The molecule has 6 heteroatoms. The second-order valence-corrected chi connectivity index (χ2v) is 2.30. The highest BCUT2D eigenvalue weighted by molar-refractivity contribution is 6.32. The number of nitriles is 1. The SMILES string of the molecule is N#Cc1cc([N+](=O)[O-])c(Cl)cn1. The maximum Gasteiger partial charge on any atom is 0.292 e. The monoisotopic (exact) mass is 183 g/mol. The first kappa shape index (κ1) is 8.43. The molecule has 0 spiro atoms. The standard InChI is InChI=1S/C6H2ClN3O2/c7-5-3-9-4(2-8)1-6(5)10(11)12/h1,3H. The predicted octanol–water partition coefficient (Wildman–Crippen LogP) is 1.51. The van der Waals surface area contributed by atoms with Gasteiger partial charge >= 0.3 is 0 Å². The van der Waals surface area contributed by atoms with Gasteiger partial charge in [0.15, 0.2) is 0 Å². The molecule has 0 aliphatic rings. The number of hydrogen-bond acceptors (Lipinski definition) is 4. The van der Waals surface area contributed by atoms with Gasteiger partial charge in [0.05, 0.1) is 17.2 Å². The fraction of sp³-hybridized carbons (Fsp3) is 0. The Bertz CT molecular complexity index is 372. The molecule has 0 radical (unpaired) electrons. The predicted molar refractivity (Wildman–Crippen MR) is 40.6 cm³/mol. The van der Waals surface area contributed by atoms with E-state index in [0.29, 0.717) is 0 Å². The molecule has 1 aromatic heterocycles. The Balaban J connectivity index is 3.28. The molecule has 5 nitrogen and oxygen atoms in total. The van der Waals surface area contributed by atoms with E-state index >= 15 is 0 Å². The van der Waals surface area contributed by atoms with Gasteiger partial charge in [-0.05, 0) is 0 Å². The van der Waals surface area contributed by atoms with Gasteiger partial charge in [-0.15, -0.1) is 0 Å². The normalized spacial score (nSPS) is 9.00. The first-order valence-corrected chi connectivity index (χ1v) is 3.23. The highest BCUT2D eigenvalue weighted by Crippen LogP contribution is 2.22. The summed E-state index contributed by atoms with van der Waals surface area (Å²) in [6, 6.07) is 2.71. The summed E-state index contributed by atoms with van der Waals surface area (Å²) in [7, 11) is 0. The Labute approximate surface area is 72.4 Å². The third-order valence-corrected chi connectivity index (χ3v) is 1.44. The van der Waals surface area contributed by atoms with Crippen molar-refractivity contribution in [1.82, 2.24) is 4.98 Å². The summed E-state index contributed by atoms with van der Waals surface area (Å²) >= 11 is 5.43. The van der Waals surface area contributed by atoms with Gasteiger partial charge in [0, 0.05) is 0 Å². The molecule has 0 saturated heterocycles. The molecule has 1 aromatic rings. The zero-order valence-corrected chi connectivity index (χ0v) is 6.45. The molecule has 60 valence electrons. The minimum Gasteiger partial charge on any atom is -0.258 e. The van der Waals surface area contributed by atoms with Crippen molar-refractivity contribution in [2.75, 3.05) is 0 Å². The van der Waals surface area contributed by atoms with Crippen molar-refractivity contribution >= 4 is 17.3 Å². The average Bonchev–Trinajstić information content (AvgIpc) is 2.05. The van der Waals surface area contributed by atoms with Crippen molar-refractivity contribution in [3.8, 4) is 6.07 Å². The Morgan fingerprint density at radius 3 is 2.92 bits per heavy atom. The molecule has 0 aromatic carbocycles. The maximum atomic E-state index is 10.3. The van der Waals surface area contributed by atoms with Crippen LogP contribution < -0.4 is 0 Å². The Kier molecular flexibility index (Phi) is 2.21. The fourth-order valence-corrected chi connectivity index (χ4v) is 0.801. The highest BCUT2D eigenvalue weighted by Gasteiger charge is 2.12. The number of halogens is 1. The first-order valence-electron chi connectivity index (χ1n) is 2.85. The molecule has 12 heavy (non-hydrogen) atoms. The fourth-order valence-electron chi connectivity index (χ4n) is 0.629. The third kappa shape index (κ3) is 1.49. The lowest BCUT2D eigenvalue weighted by atomic mass is 10.3. The van der Waals surface area contributed by atoms with Gasteiger partial charge < -0.3 is 0 Å². The van der Waals surface area contributed by atoms with Crippen molar-refractivity contribution in [2.24, 2.45) is 0 Å². The summed E-state index contributed by atoms with van der Waals surface area (Å²) < 4.78 is 0. The summed E-state index contributed by atoms with van der Waals surface area (Å²) in [5.74, 6) is 0. The molecular formula is C6H2ClN3O2. The zero-order valence-electron chi connectivity index (χ0n) is 5.69. The number of aromatic nitrogens is 1. The molecule has 0 N–H and O–H groups in total. The second-order valence-electron chi connectivity index (χ2n) is 1.89. The molecule has 0 atom stereocenters. The number of nitrogens with zero attached hydrogens (tertiary/aromatic N) is 3. The highest BCUT2D eigenvalue weighted by atomic mass is 35.5. The van der Waals surface area contributed by atoms with E-state index in [1.807, 2.05) is 0 Å². The van der Waals surface area contributed by atoms with E-state index < -0.39 is 4.92 Å². The lowest BCUT2D eigenvalue weighted by Gasteiger charge is -1.92. The summed E-state index contributed by atoms with van der Waals surface area (Å²) in [5, 5.41) is 18.6. The van der Waals surface area contributed by atoms with Crippen LogP contribution >= 0.6 is 11.6 Å². The number of nitro groups is 1. The summed E-state index contributed by atoms with van der Waals surface area (Å²) in [5.41, 5.74) is -0.325. The third-order valence-electron chi connectivity index (χ3n) is 1.15. The van der Waals surface area contributed by atoms with E-state index in [9.17, 15) is 10.1 Å². The van der Waals surface area contributed by atoms with Gasteiger partial charge in [0.25, 0.3) is 5.69 Å². The van der Waals surface area contributed by atoms with Crippen molar-refractivity contribution in [3.05, 3.63) is 33.1 Å². The van der Waals surface area contributed by atoms with Crippen LogP contribution in [0.15, 0.2) is 12.3 Å². The lowest BCUT2D eigenvalue weighted by Crippen LogP contribution is -1.91. The van der Waals surface area contributed by atoms with E-state index in [0.717, 1.165) is 12.3 Å². The molecule has 0 unspecified atom stereocenters. The van der Waals surface area contributed by atoms with Crippen LogP contribution in [0.4, 0.5) is 5.69 Å².